The number of benzene rings is 4. The van der Waals surface area contributed by atoms with Gasteiger partial charge < -0.3 is 21.3 Å². The number of hydrogen-bond acceptors (Lipinski definition) is 9. The predicted molar refractivity (Wildman–Crippen MR) is 200 cm³/mol. The Morgan fingerprint density at radius 1 is 0.815 bits per heavy atom. The standard InChI is InChI=1S/C39H39F3N4O6S2/c1-52-38(49)46(37(48)35(44)34(27-13-7-3-8-14-27)28-15-9-4-10-16-28)36(39(40,41)42)33-22-21-32(53-33)31(25-47)45(24-23-26-11-5-2-6-12-26)54(50,51)30-19-17-29(43)18-20-30/h2-22,31,34-36,47H,23-25,43-44H2,1H3/t31-,35+,36-/m1/s1. The molecular weight excluding hydrogens is 742 g/mol. The SMILES string of the molecule is COC(=O)N(C(=O)[C@@H](N)C(c1ccccc1)c1ccccc1)[C@H](c1ccc([C@@H](CO)N(CCc2ccccc2)S(=O)(=O)c2ccc(N)cc2)s1)C(F)(F)F. The van der Waals surface area contributed by atoms with Crippen LogP contribution in [-0.2, 0) is 26.0 Å². The van der Waals surface area contributed by atoms with Gasteiger partial charge in [-0.25, -0.2) is 18.1 Å². The highest BCUT2D eigenvalue weighted by molar-refractivity contribution is 7.89. The van der Waals surface area contributed by atoms with Crippen molar-refractivity contribution >= 4 is 39.0 Å². The van der Waals surface area contributed by atoms with Crippen LogP contribution < -0.4 is 11.5 Å². The number of nitrogens with zero attached hydrogens (tertiary/aromatic N) is 2. The number of alkyl halides is 3. The van der Waals surface area contributed by atoms with Crippen LogP contribution in [0.25, 0.3) is 0 Å². The third-order valence-electron chi connectivity index (χ3n) is 8.86. The Bertz CT molecular complexity index is 2060. The first-order valence-electron chi connectivity index (χ1n) is 16.7. The molecule has 15 heteroatoms. The molecule has 0 fully saturated rings. The summed E-state index contributed by atoms with van der Waals surface area (Å²) in [4.78, 5) is 26.8. The molecule has 0 aliphatic rings. The van der Waals surface area contributed by atoms with Gasteiger partial charge in [-0.15, -0.1) is 11.3 Å². The first-order chi connectivity index (χ1) is 25.8. The van der Waals surface area contributed by atoms with Gasteiger partial charge >= 0.3 is 12.3 Å². The Morgan fingerprint density at radius 2 is 1.33 bits per heavy atom. The van der Waals surface area contributed by atoms with Crippen LogP contribution in [0.15, 0.2) is 132 Å². The van der Waals surface area contributed by atoms with E-state index in [1.165, 1.54) is 30.3 Å². The molecule has 0 spiro atoms. The summed E-state index contributed by atoms with van der Waals surface area (Å²) < 4.78 is 79.6. The Labute approximate surface area is 315 Å². The topological polar surface area (TPSA) is 156 Å². The second-order valence-corrected chi connectivity index (χ2v) is 15.3. The van der Waals surface area contributed by atoms with Crippen LogP contribution in [0.5, 0.6) is 0 Å². The zero-order valence-electron chi connectivity index (χ0n) is 29.0. The van der Waals surface area contributed by atoms with Crippen LogP contribution in [0, 0.1) is 0 Å². The lowest BCUT2D eigenvalue weighted by Crippen LogP contribution is -2.53. The molecule has 1 heterocycles. The number of carbonyl (C=O) groups is 2. The first-order valence-corrected chi connectivity index (χ1v) is 19.0. The number of rotatable bonds is 14. The lowest BCUT2D eigenvalue weighted by atomic mass is 9.84. The minimum atomic E-state index is -5.24. The summed E-state index contributed by atoms with van der Waals surface area (Å²) in [5.74, 6) is -2.30. The molecule has 5 rings (SSSR count). The number of ether oxygens (including phenoxy) is 1. The van der Waals surface area contributed by atoms with E-state index in [-0.39, 0.29) is 27.6 Å². The zero-order chi connectivity index (χ0) is 39.0. The number of amides is 2. The maximum absolute atomic E-state index is 15.2. The minimum Gasteiger partial charge on any atom is -0.452 e. The minimum absolute atomic E-state index is 0.0295. The van der Waals surface area contributed by atoms with Crippen LogP contribution in [0.4, 0.5) is 23.7 Å². The second kappa shape index (κ2) is 17.4. The smallest absolute Gasteiger partial charge is 0.417 e. The van der Waals surface area contributed by atoms with Crippen molar-refractivity contribution in [3.8, 4) is 0 Å². The summed E-state index contributed by atoms with van der Waals surface area (Å²) in [6.07, 6.45) is -6.62. The molecule has 284 valence electrons. The lowest BCUT2D eigenvalue weighted by molar-refractivity contribution is -0.186. The molecule has 1 aromatic heterocycles. The Kier molecular flexibility index (Phi) is 12.9. The van der Waals surface area contributed by atoms with Crippen LogP contribution >= 0.6 is 11.3 Å². The van der Waals surface area contributed by atoms with Gasteiger partial charge in [-0.2, -0.15) is 17.5 Å². The number of anilines is 1. The molecule has 4 aromatic carbocycles. The molecule has 5 N–H and O–H groups in total. The van der Waals surface area contributed by atoms with Gasteiger partial charge in [-0.1, -0.05) is 91.0 Å². The zero-order valence-corrected chi connectivity index (χ0v) is 30.7. The van der Waals surface area contributed by atoms with E-state index in [0.29, 0.717) is 28.2 Å². The van der Waals surface area contributed by atoms with E-state index in [1.54, 1.807) is 91.0 Å². The molecule has 0 aliphatic carbocycles. The van der Waals surface area contributed by atoms with Gasteiger partial charge in [0.2, 0.25) is 10.0 Å². The van der Waals surface area contributed by atoms with Crippen LogP contribution in [0.1, 0.15) is 44.4 Å². The van der Waals surface area contributed by atoms with Crippen molar-refractivity contribution < 1.29 is 41.0 Å². The van der Waals surface area contributed by atoms with Crippen molar-refractivity contribution in [1.82, 2.24) is 9.21 Å². The van der Waals surface area contributed by atoms with E-state index in [2.05, 4.69) is 0 Å². The van der Waals surface area contributed by atoms with Crippen molar-refractivity contribution in [3.63, 3.8) is 0 Å². The summed E-state index contributed by atoms with van der Waals surface area (Å²) >= 11 is 0.502. The maximum atomic E-state index is 15.2. The third kappa shape index (κ3) is 9.00. The summed E-state index contributed by atoms with van der Waals surface area (Å²) in [5, 5.41) is 10.7. The summed E-state index contributed by atoms with van der Waals surface area (Å²) in [5.41, 5.74) is 14.4. The van der Waals surface area contributed by atoms with Gasteiger partial charge in [-0.05, 0) is 59.5 Å². The van der Waals surface area contributed by atoms with Crippen molar-refractivity contribution in [2.45, 2.75) is 41.5 Å². The van der Waals surface area contributed by atoms with E-state index >= 15 is 13.2 Å². The molecule has 54 heavy (non-hydrogen) atoms. The van der Waals surface area contributed by atoms with E-state index < -0.39 is 63.7 Å². The van der Waals surface area contributed by atoms with Gasteiger partial charge in [0.25, 0.3) is 5.91 Å². The fraction of sp³-hybridized carbons (Fsp3) is 0.231. The summed E-state index contributed by atoms with van der Waals surface area (Å²) in [7, 11) is -3.51. The number of imide groups is 1. The number of nitrogen functional groups attached to an aromatic ring is 1. The number of carbonyl (C=O) groups excluding carboxylic acids is 2. The molecule has 0 bridgehead atoms. The van der Waals surface area contributed by atoms with Crippen LogP contribution in [0.2, 0.25) is 0 Å². The second-order valence-electron chi connectivity index (χ2n) is 12.3. The molecule has 5 aromatic rings. The van der Waals surface area contributed by atoms with Gasteiger partial charge in [0.15, 0.2) is 6.04 Å². The molecule has 0 aliphatic heterocycles. The van der Waals surface area contributed by atoms with E-state index in [0.717, 1.165) is 23.0 Å². The normalized spacial score (nSPS) is 13.7. The average molecular weight is 781 g/mol. The Hall–Kier alpha value is -5.06. The highest BCUT2D eigenvalue weighted by atomic mass is 32.2. The van der Waals surface area contributed by atoms with E-state index in [9.17, 15) is 23.1 Å². The highest BCUT2D eigenvalue weighted by Gasteiger charge is 2.52. The molecule has 0 saturated carbocycles. The van der Waals surface area contributed by atoms with Gasteiger partial charge in [0, 0.05) is 27.9 Å². The monoisotopic (exact) mass is 780 g/mol. The molecule has 3 atom stereocenters. The van der Waals surface area contributed by atoms with Crippen molar-refractivity contribution in [3.05, 3.63) is 154 Å². The number of hydrogen-bond donors (Lipinski definition) is 3. The van der Waals surface area contributed by atoms with Gasteiger partial charge in [-0.3, -0.25) is 4.79 Å². The van der Waals surface area contributed by atoms with E-state index in [1.807, 2.05) is 0 Å². The number of thiophene rings is 1. The number of aliphatic hydroxyl groups excluding tert-OH is 1. The predicted octanol–water partition coefficient (Wildman–Crippen LogP) is 6.66. The number of halogens is 3. The maximum Gasteiger partial charge on any atom is 0.417 e. The van der Waals surface area contributed by atoms with Crippen LogP contribution in [0.3, 0.4) is 0 Å². The quantitative estimate of drug-likeness (QED) is 0.106. The lowest BCUT2D eigenvalue weighted by Gasteiger charge is -2.34. The Morgan fingerprint density at radius 3 is 1.83 bits per heavy atom. The van der Waals surface area contributed by atoms with Gasteiger partial charge in [0.05, 0.1) is 30.7 Å². The fourth-order valence-electron chi connectivity index (χ4n) is 6.21. The molecule has 0 radical (unpaired) electrons. The Balaban J connectivity index is 1.56. The number of nitrogens with two attached hydrogens (primary N) is 2. The number of sulfonamides is 1. The fourth-order valence-corrected chi connectivity index (χ4v) is 9.10. The number of methoxy groups -OCH3 is 1. The first kappa shape index (κ1) is 40.1. The summed E-state index contributed by atoms with van der Waals surface area (Å²) in [6.45, 7) is -0.958. The average Bonchev–Trinajstić information content (AvgIpc) is 3.64. The number of aliphatic hydroxyl groups is 1. The van der Waals surface area contributed by atoms with Crippen molar-refractivity contribution in [1.29, 1.82) is 0 Å². The molecule has 10 nitrogen and oxygen atoms in total. The molecule has 2 amide bonds. The van der Waals surface area contributed by atoms with Crippen LogP contribution in [-0.4, -0.2) is 67.2 Å². The highest BCUT2D eigenvalue weighted by Crippen LogP contribution is 2.44. The van der Waals surface area contributed by atoms with Gasteiger partial charge in [0.1, 0.15) is 0 Å². The molecular formula is C39H39F3N4O6S2. The van der Waals surface area contributed by atoms with Crippen molar-refractivity contribution in [2.24, 2.45) is 5.73 Å². The summed E-state index contributed by atoms with van der Waals surface area (Å²) in [6, 6.07) is 27.7. The third-order valence-corrected chi connectivity index (χ3v) is 12.0. The molecule has 0 unspecified atom stereocenters. The van der Waals surface area contributed by atoms with Crippen molar-refractivity contribution in [2.75, 3.05) is 26.0 Å². The molecule has 0 saturated heterocycles. The largest absolute Gasteiger partial charge is 0.452 e. The van der Waals surface area contributed by atoms with E-state index in [4.69, 9.17) is 16.2 Å².